The van der Waals surface area contributed by atoms with Crippen molar-refractivity contribution in [3.63, 3.8) is 0 Å². The van der Waals surface area contributed by atoms with Crippen LogP contribution < -0.4 is 14.8 Å². The van der Waals surface area contributed by atoms with Crippen molar-refractivity contribution in [2.75, 3.05) is 7.11 Å². The van der Waals surface area contributed by atoms with E-state index >= 15 is 0 Å². The van der Waals surface area contributed by atoms with Crippen LogP contribution >= 0.6 is 0 Å². The van der Waals surface area contributed by atoms with Crippen molar-refractivity contribution >= 4 is 0 Å². The summed E-state index contributed by atoms with van der Waals surface area (Å²) in [5.74, 6) is 1.83. The molecule has 0 atom stereocenters. The molecule has 0 spiro atoms. The van der Waals surface area contributed by atoms with Gasteiger partial charge in [0.05, 0.1) is 13.2 Å². The van der Waals surface area contributed by atoms with Gasteiger partial charge in [-0.15, -0.1) is 0 Å². The molecule has 21 heavy (non-hydrogen) atoms. The van der Waals surface area contributed by atoms with E-state index in [1.54, 1.807) is 7.11 Å². The molecule has 3 nitrogen and oxygen atoms in total. The summed E-state index contributed by atoms with van der Waals surface area (Å²) in [5.41, 5.74) is 1.30. The molecule has 1 aliphatic carbocycles. The zero-order chi connectivity index (χ0) is 15.3. The summed E-state index contributed by atoms with van der Waals surface area (Å²) in [6.45, 7) is 7.35. The third-order valence-electron chi connectivity index (χ3n) is 3.93. The van der Waals surface area contributed by atoms with Gasteiger partial charge in [-0.2, -0.15) is 0 Å². The predicted molar refractivity (Wildman–Crippen MR) is 87.1 cm³/mol. The molecule has 0 amide bonds. The zero-order valence-electron chi connectivity index (χ0n) is 13.9. The van der Waals surface area contributed by atoms with Crippen LogP contribution in [-0.4, -0.2) is 18.8 Å². The number of rotatable bonds is 5. The van der Waals surface area contributed by atoms with Crippen LogP contribution in [0.4, 0.5) is 0 Å². The maximum absolute atomic E-state index is 6.27. The number of hydrogen-bond donors (Lipinski definition) is 1. The quantitative estimate of drug-likeness (QED) is 0.877. The van der Waals surface area contributed by atoms with E-state index in [1.807, 2.05) is 12.1 Å². The maximum atomic E-state index is 6.27. The minimum absolute atomic E-state index is 0.0992. The summed E-state index contributed by atoms with van der Waals surface area (Å²) in [5, 5.41) is 3.53. The second-order valence-electron chi connectivity index (χ2n) is 6.96. The summed E-state index contributed by atoms with van der Waals surface area (Å²) < 4.78 is 11.6. The fourth-order valence-electron chi connectivity index (χ4n) is 2.64. The van der Waals surface area contributed by atoms with Gasteiger partial charge in [0, 0.05) is 23.7 Å². The van der Waals surface area contributed by atoms with Crippen molar-refractivity contribution in [1.82, 2.24) is 5.32 Å². The van der Waals surface area contributed by atoms with Gasteiger partial charge >= 0.3 is 0 Å². The van der Waals surface area contributed by atoms with Crippen LogP contribution in [0.2, 0.25) is 0 Å². The monoisotopic (exact) mass is 291 g/mol. The standard InChI is InChI=1S/C18H29NO2/c1-18(2,3)19-13-14-10-11-16(20-4)12-17(14)21-15-8-6-5-7-9-15/h10-12,15,19H,5-9,13H2,1-4H3. The number of benzene rings is 1. The smallest absolute Gasteiger partial charge is 0.127 e. The van der Waals surface area contributed by atoms with Gasteiger partial charge in [-0.3, -0.25) is 0 Å². The molecule has 118 valence electrons. The molecule has 1 fully saturated rings. The Morgan fingerprint density at radius 2 is 1.86 bits per heavy atom. The SMILES string of the molecule is COc1ccc(CNC(C)(C)C)c(OC2CCCCC2)c1. The van der Waals surface area contributed by atoms with E-state index in [1.165, 1.54) is 37.7 Å². The molecule has 0 radical (unpaired) electrons. The van der Waals surface area contributed by atoms with Gasteiger partial charge < -0.3 is 14.8 Å². The lowest BCUT2D eigenvalue weighted by Crippen LogP contribution is -2.35. The lowest BCUT2D eigenvalue weighted by Gasteiger charge is -2.26. The van der Waals surface area contributed by atoms with Crippen LogP contribution in [0.25, 0.3) is 0 Å². The average Bonchev–Trinajstić information content (AvgIpc) is 2.46. The normalized spacial score (nSPS) is 16.8. The topological polar surface area (TPSA) is 30.5 Å². The van der Waals surface area contributed by atoms with Gasteiger partial charge in [0.1, 0.15) is 11.5 Å². The number of methoxy groups -OCH3 is 1. The minimum Gasteiger partial charge on any atom is -0.497 e. The molecule has 1 aromatic rings. The predicted octanol–water partition coefficient (Wildman–Crippen LogP) is 4.29. The highest BCUT2D eigenvalue weighted by atomic mass is 16.5. The van der Waals surface area contributed by atoms with Crippen molar-refractivity contribution in [1.29, 1.82) is 0 Å². The molecule has 0 unspecified atom stereocenters. The van der Waals surface area contributed by atoms with Crippen LogP contribution in [0.3, 0.4) is 0 Å². The first-order valence-corrected chi connectivity index (χ1v) is 8.06. The Bertz CT molecular complexity index is 445. The highest BCUT2D eigenvalue weighted by Gasteiger charge is 2.18. The van der Waals surface area contributed by atoms with E-state index in [0.717, 1.165) is 18.0 Å². The molecule has 0 heterocycles. The molecular weight excluding hydrogens is 262 g/mol. The molecular formula is C18H29NO2. The van der Waals surface area contributed by atoms with Crippen LogP contribution in [0.5, 0.6) is 11.5 Å². The fourth-order valence-corrected chi connectivity index (χ4v) is 2.64. The van der Waals surface area contributed by atoms with Crippen LogP contribution in [0.15, 0.2) is 18.2 Å². The molecule has 0 aromatic heterocycles. The van der Waals surface area contributed by atoms with Crippen LogP contribution in [0.1, 0.15) is 58.4 Å². The van der Waals surface area contributed by atoms with E-state index in [9.17, 15) is 0 Å². The van der Waals surface area contributed by atoms with E-state index in [4.69, 9.17) is 9.47 Å². The van der Waals surface area contributed by atoms with E-state index in [-0.39, 0.29) is 5.54 Å². The Hall–Kier alpha value is -1.22. The van der Waals surface area contributed by atoms with Gasteiger partial charge in [-0.05, 0) is 52.5 Å². The molecule has 2 rings (SSSR count). The van der Waals surface area contributed by atoms with Gasteiger partial charge in [0.25, 0.3) is 0 Å². The first kappa shape index (κ1) is 16.2. The average molecular weight is 291 g/mol. The molecule has 1 aromatic carbocycles. The van der Waals surface area contributed by atoms with E-state index in [0.29, 0.717) is 6.10 Å². The Labute approximate surface area is 129 Å². The summed E-state index contributed by atoms with van der Waals surface area (Å²) in [6, 6.07) is 6.14. The lowest BCUT2D eigenvalue weighted by atomic mass is 9.97. The van der Waals surface area contributed by atoms with Crippen molar-refractivity contribution in [3.05, 3.63) is 23.8 Å². The van der Waals surface area contributed by atoms with Gasteiger partial charge in [0.15, 0.2) is 0 Å². The van der Waals surface area contributed by atoms with E-state index < -0.39 is 0 Å². The van der Waals surface area contributed by atoms with Crippen molar-refractivity contribution in [2.24, 2.45) is 0 Å². The summed E-state index contributed by atoms with van der Waals surface area (Å²) in [4.78, 5) is 0. The Morgan fingerprint density at radius 3 is 2.48 bits per heavy atom. The Balaban J connectivity index is 2.10. The van der Waals surface area contributed by atoms with Crippen molar-refractivity contribution < 1.29 is 9.47 Å². The van der Waals surface area contributed by atoms with Gasteiger partial charge in [-0.25, -0.2) is 0 Å². The molecule has 0 aliphatic heterocycles. The number of nitrogens with one attached hydrogen (secondary N) is 1. The van der Waals surface area contributed by atoms with Gasteiger partial charge in [0.2, 0.25) is 0 Å². The number of ether oxygens (including phenoxy) is 2. The van der Waals surface area contributed by atoms with Crippen LogP contribution in [-0.2, 0) is 6.54 Å². The molecule has 1 N–H and O–H groups in total. The summed E-state index contributed by atoms with van der Waals surface area (Å²) in [7, 11) is 1.70. The number of hydrogen-bond acceptors (Lipinski definition) is 3. The van der Waals surface area contributed by atoms with Crippen molar-refractivity contribution in [2.45, 2.75) is 71.1 Å². The lowest BCUT2D eigenvalue weighted by molar-refractivity contribution is 0.152. The van der Waals surface area contributed by atoms with E-state index in [2.05, 4.69) is 32.2 Å². The first-order chi connectivity index (χ1) is 9.98. The highest BCUT2D eigenvalue weighted by molar-refractivity contribution is 5.41. The zero-order valence-corrected chi connectivity index (χ0v) is 13.9. The molecule has 3 heteroatoms. The van der Waals surface area contributed by atoms with Gasteiger partial charge in [-0.1, -0.05) is 12.5 Å². The Kier molecular flexibility index (Phi) is 5.51. The summed E-state index contributed by atoms with van der Waals surface area (Å²) >= 11 is 0. The highest BCUT2D eigenvalue weighted by Crippen LogP contribution is 2.29. The minimum atomic E-state index is 0.0992. The molecule has 1 aliphatic rings. The third kappa shape index (κ3) is 5.24. The second kappa shape index (κ2) is 7.17. The van der Waals surface area contributed by atoms with Crippen LogP contribution in [0, 0.1) is 0 Å². The molecule has 1 saturated carbocycles. The largest absolute Gasteiger partial charge is 0.497 e. The second-order valence-corrected chi connectivity index (χ2v) is 6.96. The third-order valence-corrected chi connectivity index (χ3v) is 3.93. The summed E-state index contributed by atoms with van der Waals surface area (Å²) in [6.07, 6.45) is 6.61. The molecule has 0 saturated heterocycles. The van der Waals surface area contributed by atoms with Crippen molar-refractivity contribution in [3.8, 4) is 11.5 Å². The fraction of sp³-hybridized carbons (Fsp3) is 0.667. The maximum Gasteiger partial charge on any atom is 0.127 e. The Morgan fingerprint density at radius 1 is 1.14 bits per heavy atom. The first-order valence-electron chi connectivity index (χ1n) is 8.06. The molecule has 0 bridgehead atoms.